The number of rotatable bonds is 1. The molecule has 5 heteroatoms. The van der Waals surface area contributed by atoms with Gasteiger partial charge in [-0.1, -0.05) is 24.3 Å². The van der Waals surface area contributed by atoms with Crippen LogP contribution >= 0.6 is 11.3 Å². The minimum atomic E-state index is -0.320. The molecule has 1 aromatic heterocycles. The second-order valence-corrected chi connectivity index (χ2v) is 5.07. The fraction of sp³-hybridized carbons (Fsp3) is 0. The summed E-state index contributed by atoms with van der Waals surface area (Å²) in [5.41, 5.74) is 0.912. The number of thiophene rings is 1. The molecule has 1 heterocycles. The van der Waals surface area contributed by atoms with Crippen LogP contribution in [0.1, 0.15) is 0 Å². The number of nitrogens with zero attached hydrogens (tertiary/aromatic N) is 1. The van der Waals surface area contributed by atoms with Crippen molar-refractivity contribution >= 4 is 50.5 Å². The molecule has 0 unspecified atom stereocenters. The third kappa shape index (κ3) is 1.51. The predicted molar refractivity (Wildman–Crippen MR) is 74.2 cm³/mol. The van der Waals surface area contributed by atoms with E-state index >= 15 is 0 Å². The Balaban J connectivity index is 2.46. The van der Waals surface area contributed by atoms with Crippen molar-refractivity contribution in [3.63, 3.8) is 0 Å². The Labute approximate surface area is 102 Å². The van der Waals surface area contributed by atoms with E-state index in [1.165, 1.54) is 10.1 Å². The van der Waals surface area contributed by atoms with E-state index in [0.29, 0.717) is 5.46 Å². The highest BCUT2D eigenvalue weighted by Gasteiger charge is 2.14. The first-order valence-electron chi connectivity index (χ1n) is 5.23. The second kappa shape index (κ2) is 3.57. The topological polar surface area (TPSA) is 43.1 Å². The van der Waals surface area contributed by atoms with Gasteiger partial charge in [0.1, 0.15) is 7.85 Å². The molecule has 0 spiro atoms. The normalized spacial score (nSPS) is 11.1. The Bertz CT molecular complexity index is 751. The summed E-state index contributed by atoms with van der Waals surface area (Å²) in [5, 5.41) is 13.2. The van der Waals surface area contributed by atoms with Gasteiger partial charge in [-0.25, -0.2) is 0 Å². The summed E-state index contributed by atoms with van der Waals surface area (Å²) in [6, 6.07) is 11.7. The highest BCUT2D eigenvalue weighted by molar-refractivity contribution is 7.25. The van der Waals surface area contributed by atoms with Crippen molar-refractivity contribution in [2.24, 2.45) is 0 Å². The standard InChI is InChI=1S/C12H8BNO2S/c13-9-5-8-7-3-1-2-4-11(7)17-12(8)6-10(9)14(15)16/h1-6H,13H2. The minimum Gasteiger partial charge on any atom is -0.258 e. The van der Waals surface area contributed by atoms with Crippen LogP contribution in [0, 0.1) is 10.1 Å². The molecule has 0 amide bonds. The molecule has 0 aliphatic heterocycles. The smallest absolute Gasteiger partial charge is 0.258 e. The minimum absolute atomic E-state index is 0.198. The van der Waals surface area contributed by atoms with Gasteiger partial charge in [-0.05, 0) is 11.5 Å². The third-order valence-electron chi connectivity index (χ3n) is 2.89. The van der Waals surface area contributed by atoms with E-state index in [1.807, 2.05) is 24.3 Å². The molecule has 0 atom stereocenters. The van der Waals surface area contributed by atoms with Crippen molar-refractivity contribution in [2.45, 2.75) is 0 Å². The Hall–Kier alpha value is -1.88. The Morgan fingerprint density at radius 3 is 2.65 bits per heavy atom. The summed E-state index contributed by atoms with van der Waals surface area (Å²) < 4.78 is 2.14. The molecular formula is C12H8BNO2S. The van der Waals surface area contributed by atoms with Crippen LogP contribution in [0.2, 0.25) is 0 Å². The van der Waals surface area contributed by atoms with Crippen molar-refractivity contribution < 1.29 is 4.92 Å². The lowest BCUT2D eigenvalue weighted by molar-refractivity contribution is -0.383. The van der Waals surface area contributed by atoms with Crippen LogP contribution in [0.15, 0.2) is 36.4 Å². The van der Waals surface area contributed by atoms with Gasteiger partial charge < -0.3 is 0 Å². The molecule has 3 nitrogen and oxygen atoms in total. The Morgan fingerprint density at radius 2 is 1.88 bits per heavy atom. The molecule has 3 aromatic rings. The fourth-order valence-electron chi connectivity index (χ4n) is 2.07. The molecule has 0 fully saturated rings. The van der Waals surface area contributed by atoms with Gasteiger partial charge in [0.15, 0.2) is 0 Å². The van der Waals surface area contributed by atoms with Gasteiger partial charge in [-0.15, -0.1) is 11.3 Å². The average Bonchev–Trinajstić information content (AvgIpc) is 2.65. The molecule has 0 N–H and O–H groups in total. The second-order valence-electron chi connectivity index (χ2n) is 3.99. The number of hydrogen-bond donors (Lipinski definition) is 0. The van der Waals surface area contributed by atoms with E-state index in [-0.39, 0.29) is 10.6 Å². The number of benzene rings is 2. The van der Waals surface area contributed by atoms with Crippen molar-refractivity contribution in [1.29, 1.82) is 0 Å². The van der Waals surface area contributed by atoms with Gasteiger partial charge in [-0.2, -0.15) is 0 Å². The third-order valence-corrected chi connectivity index (χ3v) is 4.03. The summed E-state index contributed by atoms with van der Waals surface area (Å²) in [4.78, 5) is 10.6. The molecule has 17 heavy (non-hydrogen) atoms. The average molecular weight is 241 g/mol. The molecular weight excluding hydrogens is 233 g/mol. The monoisotopic (exact) mass is 241 g/mol. The number of fused-ring (bicyclic) bond motifs is 3. The largest absolute Gasteiger partial charge is 0.264 e. The lowest BCUT2D eigenvalue weighted by Crippen LogP contribution is -2.08. The van der Waals surface area contributed by atoms with Crippen LogP contribution in [-0.4, -0.2) is 12.8 Å². The summed E-state index contributed by atoms with van der Waals surface area (Å²) in [7, 11) is 1.78. The number of nitro benzene ring substituents is 1. The van der Waals surface area contributed by atoms with Crippen molar-refractivity contribution in [3.8, 4) is 0 Å². The van der Waals surface area contributed by atoms with Gasteiger partial charge in [0.25, 0.3) is 5.69 Å². The Kier molecular flexibility index (Phi) is 2.16. The van der Waals surface area contributed by atoms with Gasteiger partial charge >= 0.3 is 0 Å². The Morgan fingerprint density at radius 1 is 1.12 bits per heavy atom. The van der Waals surface area contributed by atoms with E-state index in [4.69, 9.17) is 0 Å². The zero-order valence-corrected chi connectivity index (χ0v) is 9.95. The summed E-state index contributed by atoms with van der Waals surface area (Å²) in [5.74, 6) is 0. The first-order chi connectivity index (χ1) is 8.16. The van der Waals surface area contributed by atoms with Crippen LogP contribution in [0.4, 0.5) is 5.69 Å². The van der Waals surface area contributed by atoms with Crippen molar-refractivity contribution in [2.75, 3.05) is 0 Å². The molecule has 2 aromatic carbocycles. The zero-order chi connectivity index (χ0) is 12.0. The highest BCUT2D eigenvalue weighted by atomic mass is 32.1. The van der Waals surface area contributed by atoms with E-state index in [9.17, 15) is 10.1 Å². The number of nitro groups is 1. The first kappa shape index (κ1) is 10.3. The van der Waals surface area contributed by atoms with Gasteiger partial charge in [-0.3, -0.25) is 10.1 Å². The maximum Gasteiger partial charge on any atom is 0.264 e. The lowest BCUT2D eigenvalue weighted by atomic mass is 9.92. The summed E-state index contributed by atoms with van der Waals surface area (Å²) in [6.07, 6.45) is 0. The quantitative estimate of drug-likeness (QED) is 0.372. The highest BCUT2D eigenvalue weighted by Crippen LogP contribution is 2.34. The zero-order valence-electron chi connectivity index (χ0n) is 9.14. The van der Waals surface area contributed by atoms with Crippen LogP contribution in [0.5, 0.6) is 0 Å². The summed E-state index contributed by atoms with van der Waals surface area (Å²) in [6.45, 7) is 0. The lowest BCUT2D eigenvalue weighted by Gasteiger charge is -1.97. The molecule has 0 saturated heterocycles. The van der Waals surface area contributed by atoms with Crippen LogP contribution in [-0.2, 0) is 0 Å². The van der Waals surface area contributed by atoms with E-state index in [1.54, 1.807) is 25.2 Å². The fourth-order valence-corrected chi connectivity index (χ4v) is 3.19. The van der Waals surface area contributed by atoms with Gasteiger partial charge in [0, 0.05) is 26.2 Å². The predicted octanol–water partition coefficient (Wildman–Crippen LogP) is 2.22. The van der Waals surface area contributed by atoms with Gasteiger partial charge in [0.2, 0.25) is 0 Å². The molecule has 0 aliphatic rings. The maximum atomic E-state index is 10.9. The summed E-state index contributed by atoms with van der Waals surface area (Å²) >= 11 is 1.60. The van der Waals surface area contributed by atoms with Crippen molar-refractivity contribution in [3.05, 3.63) is 46.5 Å². The molecule has 0 radical (unpaired) electrons. The molecule has 0 bridgehead atoms. The first-order valence-corrected chi connectivity index (χ1v) is 6.05. The van der Waals surface area contributed by atoms with Crippen LogP contribution in [0.3, 0.4) is 0 Å². The van der Waals surface area contributed by atoms with Crippen LogP contribution < -0.4 is 5.46 Å². The molecule has 0 saturated carbocycles. The maximum absolute atomic E-state index is 10.9. The molecule has 0 aliphatic carbocycles. The van der Waals surface area contributed by atoms with E-state index < -0.39 is 0 Å². The van der Waals surface area contributed by atoms with Crippen LogP contribution in [0.25, 0.3) is 20.2 Å². The van der Waals surface area contributed by atoms with Crippen molar-refractivity contribution in [1.82, 2.24) is 0 Å². The van der Waals surface area contributed by atoms with E-state index in [0.717, 1.165) is 10.1 Å². The molecule has 3 rings (SSSR count). The van der Waals surface area contributed by atoms with E-state index in [2.05, 4.69) is 6.07 Å². The SMILES string of the molecule is Bc1cc2c(cc1[N+](=O)[O-])sc1ccccc12. The number of hydrogen-bond acceptors (Lipinski definition) is 3. The van der Waals surface area contributed by atoms with Gasteiger partial charge in [0.05, 0.1) is 4.92 Å². The molecule has 82 valence electrons.